The first-order chi connectivity index (χ1) is 22.0. The van der Waals surface area contributed by atoms with Crippen LogP contribution in [0.1, 0.15) is 54.9 Å². The van der Waals surface area contributed by atoms with Crippen molar-refractivity contribution in [1.82, 2.24) is 15.6 Å². The van der Waals surface area contributed by atoms with E-state index in [9.17, 15) is 17.8 Å². The molecule has 3 aromatic rings. The number of urea groups is 1. The molecule has 3 unspecified atom stereocenters. The normalized spacial score (nSPS) is 21.8. The Morgan fingerprint density at radius 3 is 2.54 bits per heavy atom. The molecular weight excluding hydrogens is 612 g/mol. The number of rotatable bonds is 9. The van der Waals surface area contributed by atoms with Crippen molar-refractivity contribution in [3.05, 3.63) is 106 Å². The first-order valence-corrected chi connectivity index (χ1v) is 17.5. The van der Waals surface area contributed by atoms with Crippen LogP contribution >= 0.6 is 0 Å². The molecule has 4 atom stereocenters. The zero-order chi connectivity index (χ0) is 32.8. The lowest BCUT2D eigenvalue weighted by molar-refractivity contribution is 0.0209. The molecule has 3 heterocycles. The van der Waals surface area contributed by atoms with E-state index in [0.717, 1.165) is 28.8 Å². The Kier molecular flexibility index (Phi) is 10.6. The van der Waals surface area contributed by atoms with Gasteiger partial charge in [0.05, 0.1) is 17.9 Å². The summed E-state index contributed by atoms with van der Waals surface area (Å²) in [5, 5.41) is 6.19. The molecule has 1 fully saturated rings. The van der Waals surface area contributed by atoms with E-state index >= 15 is 0 Å². The van der Waals surface area contributed by atoms with Gasteiger partial charge in [0.15, 0.2) is 17.5 Å². The van der Waals surface area contributed by atoms with Crippen LogP contribution in [0, 0.1) is 11.6 Å². The summed E-state index contributed by atoms with van der Waals surface area (Å²) in [5.74, 6) is -1.71. The number of pyridine rings is 1. The molecule has 2 N–H and O–H groups in total. The van der Waals surface area contributed by atoms with Crippen molar-refractivity contribution >= 4 is 27.3 Å². The molecule has 0 spiro atoms. The van der Waals surface area contributed by atoms with Crippen LogP contribution in [0.2, 0.25) is 0 Å². The molecule has 1 aromatic heterocycles. The standard InChI is InChI=1S/C34H39F2N5O4S/c1-21-31(24-11-13-30(38-20-24)41-46(3,4)43)37-16-14-26(22-8-6-5-7-9-22)32(21)40-34(42)39-29-19-25(15-17-44-2)45-33(29)23-10-12-27(35)28(36)18-23/h5-13,18,20,25-26,29,33H,14-17,19H2,1-4H3,(H2,39,40,42)/t25-,26?,29?,33?/m1/s1. The number of carbonyl (C=O) groups excluding carboxylic acids is 1. The van der Waals surface area contributed by atoms with E-state index < -0.39 is 39.5 Å². The fraction of sp³-hybridized carbons (Fsp3) is 0.382. The Hall–Kier alpha value is -4.00. The average molecular weight is 652 g/mol. The number of methoxy groups -OCH3 is 1. The molecule has 0 saturated carbocycles. The van der Waals surface area contributed by atoms with E-state index in [0.29, 0.717) is 55.2 Å². The summed E-state index contributed by atoms with van der Waals surface area (Å²) >= 11 is 0. The molecule has 2 aliphatic heterocycles. The topological polar surface area (TPSA) is 114 Å². The van der Waals surface area contributed by atoms with Gasteiger partial charge in [0, 0.05) is 65.9 Å². The molecule has 12 heteroatoms. The van der Waals surface area contributed by atoms with E-state index in [1.165, 1.54) is 6.07 Å². The van der Waals surface area contributed by atoms with E-state index in [-0.39, 0.29) is 12.0 Å². The third-order valence-corrected chi connectivity index (χ3v) is 8.66. The largest absolute Gasteiger partial charge is 0.385 e. The third-order valence-electron chi connectivity index (χ3n) is 8.03. The van der Waals surface area contributed by atoms with Crippen molar-refractivity contribution in [2.24, 2.45) is 9.36 Å². The predicted molar refractivity (Wildman–Crippen MR) is 175 cm³/mol. The second-order valence-electron chi connectivity index (χ2n) is 11.8. The van der Waals surface area contributed by atoms with Gasteiger partial charge in [-0.15, -0.1) is 0 Å². The highest BCUT2D eigenvalue weighted by molar-refractivity contribution is 7.92. The van der Waals surface area contributed by atoms with E-state index in [1.54, 1.807) is 31.9 Å². The molecule has 5 rings (SSSR count). The summed E-state index contributed by atoms with van der Waals surface area (Å²) in [6.45, 7) is 2.89. The fourth-order valence-electron chi connectivity index (χ4n) is 5.93. The highest BCUT2D eigenvalue weighted by Gasteiger charge is 2.38. The number of hydrogen-bond donors (Lipinski definition) is 2. The Morgan fingerprint density at radius 2 is 1.87 bits per heavy atom. The molecule has 2 amide bonds. The van der Waals surface area contributed by atoms with Crippen molar-refractivity contribution in [1.29, 1.82) is 0 Å². The van der Waals surface area contributed by atoms with Crippen molar-refractivity contribution in [2.75, 3.05) is 32.8 Å². The van der Waals surface area contributed by atoms with Crippen LogP contribution in [0.3, 0.4) is 0 Å². The van der Waals surface area contributed by atoms with Crippen LogP contribution in [0.5, 0.6) is 0 Å². The minimum absolute atomic E-state index is 0.156. The quantitative estimate of drug-likeness (QED) is 0.286. The van der Waals surface area contributed by atoms with Gasteiger partial charge in [-0.25, -0.2) is 22.8 Å². The van der Waals surface area contributed by atoms with Crippen molar-refractivity contribution in [2.45, 2.75) is 50.4 Å². The number of allylic oxidation sites excluding steroid dienone is 2. The first-order valence-electron chi connectivity index (χ1n) is 15.1. The van der Waals surface area contributed by atoms with Crippen LogP contribution in [0.25, 0.3) is 0 Å². The SMILES string of the molecule is COCC[C@@H]1CC(NC(=O)NC2=C(C)C(c3ccc(N=S(C)(C)=O)nc3)=NCCC2c2ccccc2)C(c2ccc(F)c(F)c2)O1. The van der Waals surface area contributed by atoms with Gasteiger partial charge in [0.2, 0.25) is 0 Å². The second kappa shape index (κ2) is 14.6. The highest BCUT2D eigenvalue weighted by atomic mass is 32.2. The molecule has 0 bridgehead atoms. The maximum absolute atomic E-state index is 14.2. The molecule has 244 valence electrons. The summed E-state index contributed by atoms with van der Waals surface area (Å²) in [4.78, 5) is 23.1. The van der Waals surface area contributed by atoms with Crippen LogP contribution in [-0.4, -0.2) is 65.9 Å². The number of carbonyl (C=O) groups is 1. The lowest BCUT2D eigenvalue weighted by Crippen LogP contribution is -2.44. The van der Waals surface area contributed by atoms with Crippen molar-refractivity contribution < 1.29 is 27.3 Å². The zero-order valence-electron chi connectivity index (χ0n) is 26.3. The summed E-state index contributed by atoms with van der Waals surface area (Å²) in [5.41, 5.74) is 4.37. The van der Waals surface area contributed by atoms with Gasteiger partial charge >= 0.3 is 6.03 Å². The summed E-state index contributed by atoms with van der Waals surface area (Å²) in [6, 6.07) is 16.2. The minimum atomic E-state index is -2.37. The predicted octanol–water partition coefficient (Wildman–Crippen LogP) is 6.20. The second-order valence-corrected chi connectivity index (χ2v) is 14.3. The molecule has 0 aliphatic carbocycles. The Bertz CT molecular complexity index is 1730. The maximum atomic E-state index is 14.2. The van der Waals surface area contributed by atoms with Crippen LogP contribution in [-0.2, 0) is 19.2 Å². The van der Waals surface area contributed by atoms with Crippen LogP contribution < -0.4 is 10.6 Å². The number of nitrogens with zero attached hydrogens (tertiary/aromatic N) is 3. The smallest absolute Gasteiger partial charge is 0.319 e. The number of nitrogens with one attached hydrogen (secondary N) is 2. The van der Waals surface area contributed by atoms with Gasteiger partial charge in [0.25, 0.3) is 0 Å². The van der Waals surface area contributed by atoms with Crippen molar-refractivity contribution in [3.63, 3.8) is 0 Å². The number of amides is 2. The summed E-state index contributed by atoms with van der Waals surface area (Å²) in [6.07, 6.45) is 5.54. The molecule has 46 heavy (non-hydrogen) atoms. The van der Waals surface area contributed by atoms with E-state index in [2.05, 4.69) is 20.0 Å². The van der Waals surface area contributed by atoms with Crippen molar-refractivity contribution in [3.8, 4) is 0 Å². The average Bonchev–Trinajstić information content (AvgIpc) is 3.35. The third kappa shape index (κ3) is 8.23. The van der Waals surface area contributed by atoms with Gasteiger partial charge in [-0.2, -0.15) is 4.36 Å². The summed E-state index contributed by atoms with van der Waals surface area (Å²) in [7, 11) is -0.768. The van der Waals surface area contributed by atoms with Gasteiger partial charge in [0.1, 0.15) is 6.10 Å². The first kappa shape index (κ1) is 33.4. The van der Waals surface area contributed by atoms with Crippen LogP contribution in [0.15, 0.2) is 87.5 Å². The molecule has 2 aliphatic rings. The monoisotopic (exact) mass is 651 g/mol. The molecule has 0 radical (unpaired) electrons. The number of aromatic nitrogens is 1. The zero-order valence-corrected chi connectivity index (χ0v) is 27.2. The molecule has 2 aromatic carbocycles. The number of hydrogen-bond acceptors (Lipinski definition) is 7. The molecule has 9 nitrogen and oxygen atoms in total. The number of halogens is 2. The lowest BCUT2D eigenvalue weighted by atomic mass is 9.89. The van der Waals surface area contributed by atoms with E-state index in [4.69, 9.17) is 14.5 Å². The van der Waals surface area contributed by atoms with Gasteiger partial charge < -0.3 is 20.1 Å². The lowest BCUT2D eigenvalue weighted by Gasteiger charge is -2.25. The highest BCUT2D eigenvalue weighted by Crippen LogP contribution is 2.36. The Labute approximate surface area is 268 Å². The Balaban J connectivity index is 1.44. The van der Waals surface area contributed by atoms with Gasteiger partial charge in [-0.1, -0.05) is 36.4 Å². The van der Waals surface area contributed by atoms with Gasteiger partial charge in [-0.05, 0) is 67.2 Å². The number of ether oxygens (including phenoxy) is 2. The van der Waals surface area contributed by atoms with E-state index in [1.807, 2.05) is 43.3 Å². The minimum Gasteiger partial charge on any atom is -0.385 e. The maximum Gasteiger partial charge on any atom is 0.319 e. The van der Waals surface area contributed by atoms with Gasteiger partial charge in [-0.3, -0.25) is 4.99 Å². The number of benzene rings is 2. The number of aliphatic imine (C=N–C) groups is 1. The molecular formula is C34H39F2N5O4S. The van der Waals surface area contributed by atoms with Crippen LogP contribution in [0.4, 0.5) is 19.4 Å². The Morgan fingerprint density at radius 1 is 1.09 bits per heavy atom. The molecule has 1 saturated heterocycles. The summed E-state index contributed by atoms with van der Waals surface area (Å²) < 4.78 is 55.7. The fourth-order valence-corrected chi connectivity index (χ4v) is 6.49.